The Morgan fingerprint density at radius 3 is 2.64 bits per heavy atom. The molecule has 58 valence electrons. The SMILES string of the molecule is Cc1cccc(S)c1C1CC1. The Morgan fingerprint density at radius 1 is 1.36 bits per heavy atom. The molecular weight excluding hydrogens is 152 g/mol. The third-order valence-corrected chi connectivity index (χ3v) is 2.68. The van der Waals surface area contributed by atoms with Crippen LogP contribution in [0.5, 0.6) is 0 Å². The van der Waals surface area contributed by atoms with Gasteiger partial charge in [-0.2, -0.15) is 0 Å². The Balaban J connectivity index is 2.48. The number of rotatable bonds is 1. The predicted molar refractivity (Wildman–Crippen MR) is 50.4 cm³/mol. The Bertz CT molecular complexity index is 254. The standard InChI is InChI=1S/C10H12S/c1-7-3-2-4-9(11)10(7)8-5-6-8/h2-4,8,11H,5-6H2,1H3. The van der Waals surface area contributed by atoms with Crippen LogP contribution in [0.3, 0.4) is 0 Å². The first-order chi connectivity index (χ1) is 5.29. The lowest BCUT2D eigenvalue weighted by atomic mass is 10.1. The maximum absolute atomic E-state index is 4.45. The van der Waals surface area contributed by atoms with Gasteiger partial charge in [0.2, 0.25) is 0 Å². The second-order valence-electron chi connectivity index (χ2n) is 3.28. The number of hydrogen-bond acceptors (Lipinski definition) is 1. The Hall–Kier alpha value is -0.430. The van der Waals surface area contributed by atoms with Crippen LogP contribution in [0.25, 0.3) is 0 Å². The molecule has 1 aromatic rings. The maximum Gasteiger partial charge on any atom is 0.00775 e. The molecule has 0 atom stereocenters. The van der Waals surface area contributed by atoms with Gasteiger partial charge in [0.1, 0.15) is 0 Å². The lowest BCUT2D eigenvalue weighted by Gasteiger charge is -2.05. The molecule has 1 aromatic carbocycles. The molecule has 0 heterocycles. The van der Waals surface area contributed by atoms with E-state index in [9.17, 15) is 0 Å². The summed E-state index contributed by atoms with van der Waals surface area (Å²) in [6.07, 6.45) is 2.72. The average Bonchev–Trinajstić information content (AvgIpc) is 2.70. The molecule has 0 unspecified atom stereocenters. The Kier molecular flexibility index (Phi) is 1.68. The third-order valence-electron chi connectivity index (χ3n) is 2.29. The van der Waals surface area contributed by atoms with E-state index in [-0.39, 0.29) is 0 Å². The summed E-state index contributed by atoms with van der Waals surface area (Å²) < 4.78 is 0. The van der Waals surface area contributed by atoms with Crippen LogP contribution in [0.1, 0.15) is 29.9 Å². The molecule has 0 aromatic heterocycles. The number of benzene rings is 1. The van der Waals surface area contributed by atoms with E-state index in [1.807, 2.05) is 0 Å². The molecule has 1 heteroatoms. The van der Waals surface area contributed by atoms with E-state index in [0.29, 0.717) is 0 Å². The fourth-order valence-corrected chi connectivity index (χ4v) is 2.01. The molecule has 11 heavy (non-hydrogen) atoms. The summed E-state index contributed by atoms with van der Waals surface area (Å²) in [4.78, 5) is 1.17. The minimum absolute atomic E-state index is 0.823. The first-order valence-corrected chi connectivity index (χ1v) is 4.52. The summed E-state index contributed by atoms with van der Waals surface area (Å²) in [7, 11) is 0. The largest absolute Gasteiger partial charge is 0.143 e. The molecule has 1 aliphatic rings. The normalized spacial score (nSPS) is 16.9. The molecular formula is C10H12S. The number of hydrogen-bond donors (Lipinski definition) is 1. The van der Waals surface area contributed by atoms with Crippen molar-refractivity contribution in [2.45, 2.75) is 30.6 Å². The van der Waals surface area contributed by atoms with E-state index in [2.05, 4.69) is 37.8 Å². The Morgan fingerprint density at radius 2 is 2.09 bits per heavy atom. The first kappa shape index (κ1) is 7.23. The van der Waals surface area contributed by atoms with Crippen molar-refractivity contribution in [3.63, 3.8) is 0 Å². The van der Waals surface area contributed by atoms with Gasteiger partial charge in [-0.05, 0) is 42.9 Å². The summed E-state index contributed by atoms with van der Waals surface area (Å²) >= 11 is 4.45. The molecule has 1 saturated carbocycles. The number of aryl methyl sites for hydroxylation is 1. The molecule has 0 saturated heterocycles. The van der Waals surface area contributed by atoms with Crippen LogP contribution in [-0.4, -0.2) is 0 Å². The molecule has 1 aliphatic carbocycles. The van der Waals surface area contributed by atoms with Crippen molar-refractivity contribution < 1.29 is 0 Å². The lowest BCUT2D eigenvalue weighted by molar-refractivity contribution is 1.04. The fourth-order valence-electron chi connectivity index (χ4n) is 1.57. The second-order valence-corrected chi connectivity index (χ2v) is 3.76. The highest BCUT2D eigenvalue weighted by Crippen LogP contribution is 2.44. The van der Waals surface area contributed by atoms with Crippen LogP contribution in [0.4, 0.5) is 0 Å². The summed E-state index contributed by atoms with van der Waals surface area (Å²) in [6.45, 7) is 2.17. The molecule has 0 aliphatic heterocycles. The molecule has 0 spiro atoms. The van der Waals surface area contributed by atoms with Gasteiger partial charge in [-0.15, -0.1) is 12.6 Å². The third kappa shape index (κ3) is 1.30. The highest BCUT2D eigenvalue weighted by Gasteiger charge is 2.26. The van der Waals surface area contributed by atoms with Crippen LogP contribution in [-0.2, 0) is 0 Å². The van der Waals surface area contributed by atoms with Gasteiger partial charge in [0, 0.05) is 4.90 Å². The van der Waals surface area contributed by atoms with Gasteiger partial charge < -0.3 is 0 Å². The van der Waals surface area contributed by atoms with Crippen molar-refractivity contribution in [2.75, 3.05) is 0 Å². The lowest BCUT2D eigenvalue weighted by Crippen LogP contribution is -1.86. The van der Waals surface area contributed by atoms with Crippen molar-refractivity contribution in [3.8, 4) is 0 Å². The zero-order chi connectivity index (χ0) is 7.84. The summed E-state index contributed by atoms with van der Waals surface area (Å²) in [5.41, 5.74) is 2.89. The highest BCUT2D eigenvalue weighted by molar-refractivity contribution is 7.80. The number of thiol groups is 1. The summed E-state index contributed by atoms with van der Waals surface area (Å²) in [5, 5.41) is 0. The molecule has 0 nitrogen and oxygen atoms in total. The van der Waals surface area contributed by atoms with E-state index < -0.39 is 0 Å². The van der Waals surface area contributed by atoms with Gasteiger partial charge in [-0.3, -0.25) is 0 Å². The smallest absolute Gasteiger partial charge is 0.00775 e. The minimum atomic E-state index is 0.823. The molecule has 0 radical (unpaired) electrons. The van der Waals surface area contributed by atoms with Gasteiger partial charge in [0.05, 0.1) is 0 Å². The predicted octanol–water partition coefficient (Wildman–Crippen LogP) is 3.16. The first-order valence-electron chi connectivity index (χ1n) is 4.07. The van der Waals surface area contributed by atoms with Gasteiger partial charge in [0.15, 0.2) is 0 Å². The monoisotopic (exact) mass is 164 g/mol. The second kappa shape index (κ2) is 2.56. The van der Waals surface area contributed by atoms with Crippen molar-refractivity contribution >= 4 is 12.6 Å². The zero-order valence-electron chi connectivity index (χ0n) is 6.67. The fraction of sp³-hybridized carbons (Fsp3) is 0.400. The van der Waals surface area contributed by atoms with E-state index in [4.69, 9.17) is 0 Å². The summed E-state index contributed by atoms with van der Waals surface area (Å²) in [5.74, 6) is 0.823. The topological polar surface area (TPSA) is 0 Å². The van der Waals surface area contributed by atoms with Gasteiger partial charge in [-0.1, -0.05) is 12.1 Å². The van der Waals surface area contributed by atoms with Gasteiger partial charge in [-0.25, -0.2) is 0 Å². The molecule has 0 amide bonds. The zero-order valence-corrected chi connectivity index (χ0v) is 7.57. The summed E-state index contributed by atoms with van der Waals surface area (Å²) in [6, 6.07) is 6.33. The highest BCUT2D eigenvalue weighted by atomic mass is 32.1. The van der Waals surface area contributed by atoms with Crippen molar-refractivity contribution in [3.05, 3.63) is 29.3 Å². The van der Waals surface area contributed by atoms with E-state index in [0.717, 1.165) is 5.92 Å². The van der Waals surface area contributed by atoms with Crippen molar-refractivity contribution in [1.29, 1.82) is 0 Å². The van der Waals surface area contributed by atoms with E-state index in [1.165, 1.54) is 28.9 Å². The molecule has 0 bridgehead atoms. The van der Waals surface area contributed by atoms with Crippen LogP contribution in [0, 0.1) is 6.92 Å². The maximum atomic E-state index is 4.45. The van der Waals surface area contributed by atoms with E-state index >= 15 is 0 Å². The Labute approximate surface area is 73.0 Å². The van der Waals surface area contributed by atoms with E-state index in [1.54, 1.807) is 0 Å². The van der Waals surface area contributed by atoms with Crippen LogP contribution in [0.2, 0.25) is 0 Å². The molecule has 0 N–H and O–H groups in total. The van der Waals surface area contributed by atoms with Crippen LogP contribution >= 0.6 is 12.6 Å². The van der Waals surface area contributed by atoms with Crippen LogP contribution < -0.4 is 0 Å². The molecule has 2 rings (SSSR count). The van der Waals surface area contributed by atoms with Crippen molar-refractivity contribution in [1.82, 2.24) is 0 Å². The minimum Gasteiger partial charge on any atom is -0.143 e. The van der Waals surface area contributed by atoms with Gasteiger partial charge >= 0.3 is 0 Å². The van der Waals surface area contributed by atoms with Gasteiger partial charge in [0.25, 0.3) is 0 Å². The van der Waals surface area contributed by atoms with Crippen LogP contribution in [0.15, 0.2) is 23.1 Å². The van der Waals surface area contributed by atoms with Crippen molar-refractivity contribution in [2.24, 2.45) is 0 Å². The molecule has 1 fully saturated rings. The quantitative estimate of drug-likeness (QED) is 0.606. The average molecular weight is 164 g/mol.